The van der Waals surface area contributed by atoms with Crippen LogP contribution in [0.1, 0.15) is 11.9 Å². The minimum atomic E-state index is -0.222. The summed E-state index contributed by atoms with van der Waals surface area (Å²) in [7, 11) is 1.61. The summed E-state index contributed by atoms with van der Waals surface area (Å²) in [6.45, 7) is 3.52. The van der Waals surface area contributed by atoms with E-state index in [-0.39, 0.29) is 11.9 Å². The first-order chi connectivity index (χ1) is 7.74. The molecule has 90 valence electrons. The van der Waals surface area contributed by atoms with E-state index in [1.54, 1.807) is 24.6 Å². The van der Waals surface area contributed by atoms with Crippen LogP contribution in [0.4, 0.5) is 0 Å². The van der Waals surface area contributed by atoms with Crippen molar-refractivity contribution in [3.8, 4) is 0 Å². The van der Waals surface area contributed by atoms with Crippen LogP contribution in [0.25, 0.3) is 0 Å². The van der Waals surface area contributed by atoms with E-state index >= 15 is 0 Å². The van der Waals surface area contributed by atoms with Gasteiger partial charge in [0, 0.05) is 31.8 Å². The summed E-state index contributed by atoms with van der Waals surface area (Å²) in [6, 6.07) is -0.222. The Morgan fingerprint density at radius 2 is 2.50 bits per heavy atom. The van der Waals surface area contributed by atoms with E-state index in [9.17, 15) is 4.79 Å². The molecule has 1 aromatic rings. The third kappa shape index (κ3) is 4.69. The van der Waals surface area contributed by atoms with Gasteiger partial charge in [-0.3, -0.25) is 10.1 Å². The Kier molecular flexibility index (Phi) is 5.99. The number of aromatic nitrogens is 1. The summed E-state index contributed by atoms with van der Waals surface area (Å²) in [5.74, 6) is -0.0198. The van der Waals surface area contributed by atoms with E-state index in [0.717, 1.165) is 5.01 Å². The number of rotatable bonds is 7. The molecule has 0 aliphatic heterocycles. The van der Waals surface area contributed by atoms with E-state index in [4.69, 9.17) is 4.74 Å². The molecule has 2 N–H and O–H groups in total. The maximum atomic E-state index is 11.5. The minimum Gasteiger partial charge on any atom is -0.383 e. The molecular weight excluding hydrogens is 226 g/mol. The lowest BCUT2D eigenvalue weighted by atomic mass is 10.3. The van der Waals surface area contributed by atoms with Crippen LogP contribution in [0.15, 0.2) is 11.6 Å². The number of carbonyl (C=O) groups is 1. The topological polar surface area (TPSA) is 63.2 Å². The van der Waals surface area contributed by atoms with Gasteiger partial charge >= 0.3 is 0 Å². The van der Waals surface area contributed by atoms with Crippen molar-refractivity contribution in [1.82, 2.24) is 15.6 Å². The van der Waals surface area contributed by atoms with Crippen molar-refractivity contribution >= 4 is 17.2 Å². The van der Waals surface area contributed by atoms with Crippen molar-refractivity contribution in [2.24, 2.45) is 0 Å². The van der Waals surface area contributed by atoms with E-state index in [0.29, 0.717) is 19.7 Å². The third-order valence-electron chi connectivity index (χ3n) is 2.04. The summed E-state index contributed by atoms with van der Waals surface area (Å²) in [5, 5.41) is 8.78. The summed E-state index contributed by atoms with van der Waals surface area (Å²) in [5.41, 5.74) is 0. The molecule has 0 aliphatic carbocycles. The monoisotopic (exact) mass is 243 g/mol. The molecule has 16 heavy (non-hydrogen) atoms. The van der Waals surface area contributed by atoms with Crippen molar-refractivity contribution in [1.29, 1.82) is 0 Å². The molecule has 1 unspecified atom stereocenters. The standard InChI is InChI=1S/C10H17N3O2S/c1-8(10(14)12-3-5-15-2)13-7-9-11-4-6-16-9/h4,6,8,13H,3,5,7H2,1-2H3,(H,12,14). The quantitative estimate of drug-likeness (QED) is 0.680. The zero-order valence-corrected chi connectivity index (χ0v) is 10.3. The Balaban J connectivity index is 2.18. The first kappa shape index (κ1) is 13.1. The minimum absolute atomic E-state index is 0.0198. The van der Waals surface area contributed by atoms with Crippen molar-refractivity contribution in [2.75, 3.05) is 20.3 Å². The zero-order valence-electron chi connectivity index (χ0n) is 9.53. The van der Waals surface area contributed by atoms with Gasteiger partial charge in [0.2, 0.25) is 5.91 Å². The number of thiazole rings is 1. The van der Waals surface area contributed by atoms with Crippen LogP contribution >= 0.6 is 11.3 Å². The van der Waals surface area contributed by atoms with Gasteiger partial charge in [-0.05, 0) is 6.92 Å². The summed E-state index contributed by atoms with van der Waals surface area (Å²) >= 11 is 1.57. The number of nitrogens with zero attached hydrogens (tertiary/aromatic N) is 1. The largest absolute Gasteiger partial charge is 0.383 e. The molecule has 0 aliphatic rings. The highest BCUT2D eigenvalue weighted by molar-refractivity contribution is 7.09. The zero-order chi connectivity index (χ0) is 11.8. The van der Waals surface area contributed by atoms with E-state index in [2.05, 4.69) is 15.6 Å². The molecule has 0 radical (unpaired) electrons. The van der Waals surface area contributed by atoms with Gasteiger partial charge in [-0.2, -0.15) is 0 Å². The van der Waals surface area contributed by atoms with Crippen LogP contribution in [-0.4, -0.2) is 37.2 Å². The Bertz CT molecular complexity index is 303. The second kappa shape index (κ2) is 7.32. The average Bonchev–Trinajstić information content (AvgIpc) is 2.79. The van der Waals surface area contributed by atoms with Crippen molar-refractivity contribution < 1.29 is 9.53 Å². The van der Waals surface area contributed by atoms with Gasteiger partial charge in [0.05, 0.1) is 12.6 Å². The van der Waals surface area contributed by atoms with Crippen LogP contribution in [0.2, 0.25) is 0 Å². The molecule has 0 saturated carbocycles. The first-order valence-corrected chi connectivity index (χ1v) is 6.00. The van der Waals surface area contributed by atoms with Crippen LogP contribution in [0.3, 0.4) is 0 Å². The van der Waals surface area contributed by atoms with Gasteiger partial charge < -0.3 is 10.1 Å². The maximum absolute atomic E-state index is 11.5. The van der Waals surface area contributed by atoms with E-state index < -0.39 is 0 Å². The van der Waals surface area contributed by atoms with Crippen LogP contribution < -0.4 is 10.6 Å². The fraction of sp³-hybridized carbons (Fsp3) is 0.600. The molecule has 0 saturated heterocycles. The number of hydrogen-bond donors (Lipinski definition) is 2. The number of carbonyl (C=O) groups excluding carboxylic acids is 1. The summed E-state index contributed by atoms with van der Waals surface area (Å²) in [6.07, 6.45) is 1.75. The number of nitrogens with one attached hydrogen (secondary N) is 2. The van der Waals surface area contributed by atoms with E-state index in [1.807, 2.05) is 12.3 Å². The third-order valence-corrected chi connectivity index (χ3v) is 2.82. The molecule has 1 rings (SSSR count). The number of amides is 1. The molecule has 0 bridgehead atoms. The number of hydrogen-bond acceptors (Lipinski definition) is 5. The number of methoxy groups -OCH3 is 1. The highest BCUT2D eigenvalue weighted by Gasteiger charge is 2.11. The fourth-order valence-corrected chi connectivity index (χ4v) is 1.67. The first-order valence-electron chi connectivity index (χ1n) is 5.12. The molecule has 0 spiro atoms. The second-order valence-corrected chi connectivity index (χ2v) is 4.29. The van der Waals surface area contributed by atoms with Gasteiger partial charge in [0.1, 0.15) is 5.01 Å². The molecule has 5 nitrogen and oxygen atoms in total. The SMILES string of the molecule is COCCNC(=O)C(C)NCc1nccs1. The van der Waals surface area contributed by atoms with Crippen molar-refractivity contribution in [3.05, 3.63) is 16.6 Å². The molecule has 1 heterocycles. The molecule has 1 aromatic heterocycles. The Morgan fingerprint density at radius 3 is 3.12 bits per heavy atom. The van der Waals surface area contributed by atoms with Gasteiger partial charge in [0.25, 0.3) is 0 Å². The predicted molar refractivity (Wildman–Crippen MR) is 63.3 cm³/mol. The lowest BCUT2D eigenvalue weighted by molar-refractivity contribution is -0.122. The lowest BCUT2D eigenvalue weighted by Gasteiger charge is -2.12. The van der Waals surface area contributed by atoms with Crippen molar-refractivity contribution in [3.63, 3.8) is 0 Å². The van der Waals surface area contributed by atoms with Crippen LogP contribution in [0.5, 0.6) is 0 Å². The van der Waals surface area contributed by atoms with Gasteiger partial charge in [-0.25, -0.2) is 4.98 Å². The summed E-state index contributed by atoms with van der Waals surface area (Å²) in [4.78, 5) is 15.7. The van der Waals surface area contributed by atoms with Gasteiger partial charge in [-0.1, -0.05) is 0 Å². The second-order valence-electron chi connectivity index (χ2n) is 3.31. The fourth-order valence-electron chi connectivity index (χ4n) is 1.10. The Hall–Kier alpha value is -0.980. The lowest BCUT2D eigenvalue weighted by Crippen LogP contribution is -2.42. The Morgan fingerprint density at radius 1 is 1.69 bits per heavy atom. The predicted octanol–water partition coefficient (Wildman–Crippen LogP) is 0.384. The summed E-state index contributed by atoms with van der Waals surface area (Å²) < 4.78 is 4.85. The van der Waals surface area contributed by atoms with Gasteiger partial charge in [-0.15, -0.1) is 11.3 Å². The molecular formula is C10H17N3O2S. The highest BCUT2D eigenvalue weighted by Crippen LogP contribution is 2.02. The molecule has 1 amide bonds. The van der Waals surface area contributed by atoms with Crippen LogP contribution in [-0.2, 0) is 16.1 Å². The molecule has 6 heteroatoms. The smallest absolute Gasteiger partial charge is 0.236 e. The number of ether oxygens (including phenoxy) is 1. The average molecular weight is 243 g/mol. The van der Waals surface area contributed by atoms with Crippen LogP contribution in [0, 0.1) is 0 Å². The maximum Gasteiger partial charge on any atom is 0.236 e. The van der Waals surface area contributed by atoms with Crippen molar-refractivity contribution in [2.45, 2.75) is 19.5 Å². The van der Waals surface area contributed by atoms with Gasteiger partial charge in [0.15, 0.2) is 0 Å². The molecule has 0 fully saturated rings. The highest BCUT2D eigenvalue weighted by atomic mass is 32.1. The van der Waals surface area contributed by atoms with E-state index in [1.165, 1.54) is 0 Å². The normalized spacial score (nSPS) is 12.4. The molecule has 0 aromatic carbocycles. The Labute approximate surface area is 99.2 Å². The molecule has 1 atom stereocenters.